The summed E-state index contributed by atoms with van der Waals surface area (Å²) in [7, 11) is 0. The normalized spacial score (nSPS) is 12.8. The summed E-state index contributed by atoms with van der Waals surface area (Å²) in [5.41, 5.74) is 0.307. The van der Waals surface area contributed by atoms with Crippen LogP contribution in [0.4, 0.5) is 9.18 Å². The van der Waals surface area contributed by atoms with Crippen molar-refractivity contribution in [2.24, 2.45) is 0 Å². The van der Waals surface area contributed by atoms with Gasteiger partial charge in [0.15, 0.2) is 0 Å². The van der Waals surface area contributed by atoms with Crippen molar-refractivity contribution in [2.45, 2.75) is 45.8 Å². The van der Waals surface area contributed by atoms with Crippen LogP contribution >= 0.6 is 0 Å². The lowest BCUT2D eigenvalue weighted by Crippen LogP contribution is -2.34. The van der Waals surface area contributed by atoms with Gasteiger partial charge in [-0.2, -0.15) is 0 Å². The number of nitrogens with one attached hydrogen (secondary N) is 2. The van der Waals surface area contributed by atoms with Crippen molar-refractivity contribution in [3.05, 3.63) is 29.8 Å². The third-order valence-electron chi connectivity index (χ3n) is 2.67. The van der Waals surface area contributed by atoms with Crippen LogP contribution in [0, 0.1) is 5.82 Å². The molecule has 1 aromatic heterocycles. The molecule has 1 unspecified atom stereocenters. The molecular weight excluding hydrogens is 273 g/mol. The monoisotopic (exact) mass is 297 g/mol. The molecule has 0 radical (unpaired) electrons. The predicted octanol–water partition coefficient (Wildman–Crippen LogP) is 2.79. The second-order valence-corrected chi connectivity index (χ2v) is 5.86. The third kappa shape index (κ3) is 7.60. The molecule has 5 nitrogen and oxygen atoms in total. The molecule has 0 spiro atoms. The van der Waals surface area contributed by atoms with E-state index in [-0.39, 0.29) is 11.9 Å². The molecule has 0 bridgehead atoms. The maximum Gasteiger partial charge on any atom is 0.407 e. The van der Waals surface area contributed by atoms with E-state index in [9.17, 15) is 9.18 Å². The number of carbonyl (C=O) groups excluding carboxylic acids is 1. The van der Waals surface area contributed by atoms with E-state index in [4.69, 9.17) is 4.74 Å². The fourth-order valence-electron chi connectivity index (χ4n) is 1.66. The lowest BCUT2D eigenvalue weighted by Gasteiger charge is -2.19. The zero-order valence-corrected chi connectivity index (χ0v) is 13.1. The minimum Gasteiger partial charge on any atom is -0.444 e. The van der Waals surface area contributed by atoms with Gasteiger partial charge in [-0.3, -0.25) is 4.98 Å². The first-order valence-corrected chi connectivity index (χ1v) is 7.09. The lowest BCUT2D eigenvalue weighted by atomic mass is 10.2. The van der Waals surface area contributed by atoms with E-state index in [1.807, 2.05) is 27.7 Å². The summed E-state index contributed by atoms with van der Waals surface area (Å²) in [5, 5.41) is 5.96. The van der Waals surface area contributed by atoms with Gasteiger partial charge in [0.1, 0.15) is 11.4 Å². The van der Waals surface area contributed by atoms with E-state index < -0.39 is 11.7 Å². The van der Waals surface area contributed by atoms with E-state index in [0.29, 0.717) is 6.54 Å². The van der Waals surface area contributed by atoms with Crippen molar-refractivity contribution < 1.29 is 13.9 Å². The Bertz CT molecular complexity index is 443. The average Bonchev–Trinajstić information content (AvgIpc) is 2.36. The van der Waals surface area contributed by atoms with Crippen LogP contribution in [-0.4, -0.2) is 29.8 Å². The standard InChI is InChI=1S/C15H24FN3O2/c1-11(13-7-6-12(16)10-19-13)17-8-5-9-18-14(20)21-15(2,3)4/h6-7,10-11,17H,5,8-9H2,1-4H3,(H,18,20). The van der Waals surface area contributed by atoms with Gasteiger partial charge in [-0.15, -0.1) is 0 Å². The first-order valence-electron chi connectivity index (χ1n) is 7.09. The van der Waals surface area contributed by atoms with Crippen LogP contribution in [-0.2, 0) is 4.74 Å². The van der Waals surface area contributed by atoms with Crippen LogP contribution in [0.25, 0.3) is 0 Å². The smallest absolute Gasteiger partial charge is 0.407 e. The molecule has 0 aliphatic rings. The predicted molar refractivity (Wildman–Crippen MR) is 79.5 cm³/mol. The Hall–Kier alpha value is -1.69. The molecule has 21 heavy (non-hydrogen) atoms. The second kappa shape index (κ2) is 7.93. The van der Waals surface area contributed by atoms with Crippen molar-refractivity contribution in [2.75, 3.05) is 13.1 Å². The topological polar surface area (TPSA) is 63.2 Å². The molecular formula is C15H24FN3O2. The van der Waals surface area contributed by atoms with E-state index in [1.165, 1.54) is 12.3 Å². The van der Waals surface area contributed by atoms with Crippen LogP contribution < -0.4 is 10.6 Å². The number of rotatable bonds is 6. The van der Waals surface area contributed by atoms with Gasteiger partial charge in [0, 0.05) is 12.6 Å². The Morgan fingerprint density at radius 1 is 1.38 bits per heavy atom. The highest BCUT2D eigenvalue weighted by Gasteiger charge is 2.15. The molecule has 1 heterocycles. The largest absolute Gasteiger partial charge is 0.444 e. The summed E-state index contributed by atoms with van der Waals surface area (Å²) in [6.45, 7) is 8.69. The minimum absolute atomic E-state index is 0.0344. The molecule has 1 amide bonds. The summed E-state index contributed by atoms with van der Waals surface area (Å²) in [6, 6.07) is 3.09. The lowest BCUT2D eigenvalue weighted by molar-refractivity contribution is 0.0527. The Morgan fingerprint density at radius 2 is 2.10 bits per heavy atom. The molecule has 6 heteroatoms. The molecule has 0 saturated carbocycles. The van der Waals surface area contributed by atoms with Crippen LogP contribution in [0.1, 0.15) is 45.9 Å². The van der Waals surface area contributed by atoms with Crippen LogP contribution in [0.2, 0.25) is 0 Å². The maximum absolute atomic E-state index is 12.8. The zero-order chi connectivity index (χ0) is 15.9. The minimum atomic E-state index is -0.481. The fourth-order valence-corrected chi connectivity index (χ4v) is 1.66. The first-order chi connectivity index (χ1) is 9.78. The number of alkyl carbamates (subject to hydrolysis) is 1. The number of nitrogens with zero attached hydrogens (tertiary/aromatic N) is 1. The fraction of sp³-hybridized carbons (Fsp3) is 0.600. The van der Waals surface area contributed by atoms with Crippen LogP contribution in [0.15, 0.2) is 18.3 Å². The average molecular weight is 297 g/mol. The number of carbonyl (C=O) groups is 1. The number of halogens is 1. The van der Waals surface area contributed by atoms with Crippen molar-refractivity contribution in [1.82, 2.24) is 15.6 Å². The van der Waals surface area contributed by atoms with Gasteiger partial charge >= 0.3 is 6.09 Å². The Morgan fingerprint density at radius 3 is 2.67 bits per heavy atom. The van der Waals surface area contributed by atoms with Gasteiger partial charge < -0.3 is 15.4 Å². The highest BCUT2D eigenvalue weighted by molar-refractivity contribution is 5.67. The van der Waals surface area contributed by atoms with Crippen LogP contribution in [0.3, 0.4) is 0 Å². The number of amides is 1. The van der Waals surface area contributed by atoms with Gasteiger partial charge in [-0.05, 0) is 52.8 Å². The first kappa shape index (κ1) is 17.4. The van der Waals surface area contributed by atoms with Gasteiger partial charge in [-0.25, -0.2) is 9.18 Å². The van der Waals surface area contributed by atoms with Gasteiger partial charge in [0.25, 0.3) is 0 Å². The molecule has 0 aromatic carbocycles. The van der Waals surface area contributed by atoms with Crippen molar-refractivity contribution in [1.29, 1.82) is 0 Å². The van der Waals surface area contributed by atoms with Crippen molar-refractivity contribution in [3.8, 4) is 0 Å². The summed E-state index contributed by atoms with van der Waals surface area (Å²) < 4.78 is 17.9. The third-order valence-corrected chi connectivity index (χ3v) is 2.67. The number of pyridine rings is 1. The highest BCUT2D eigenvalue weighted by atomic mass is 19.1. The van der Waals surface area contributed by atoms with Crippen molar-refractivity contribution >= 4 is 6.09 Å². The second-order valence-electron chi connectivity index (χ2n) is 5.86. The molecule has 0 fully saturated rings. The summed E-state index contributed by atoms with van der Waals surface area (Å²) in [4.78, 5) is 15.4. The van der Waals surface area contributed by atoms with E-state index >= 15 is 0 Å². The van der Waals surface area contributed by atoms with Crippen LogP contribution in [0.5, 0.6) is 0 Å². The Balaban J connectivity index is 2.16. The zero-order valence-electron chi connectivity index (χ0n) is 13.1. The molecule has 0 saturated heterocycles. The van der Waals surface area contributed by atoms with Crippen molar-refractivity contribution in [3.63, 3.8) is 0 Å². The molecule has 118 valence electrons. The van der Waals surface area contributed by atoms with E-state index in [0.717, 1.165) is 18.7 Å². The Kier molecular flexibility index (Phi) is 6.55. The highest BCUT2D eigenvalue weighted by Crippen LogP contribution is 2.09. The number of hydrogen-bond donors (Lipinski definition) is 2. The molecule has 0 aliphatic carbocycles. The maximum atomic E-state index is 12.8. The SMILES string of the molecule is CC(NCCCNC(=O)OC(C)(C)C)c1ccc(F)cn1. The summed E-state index contributed by atoms with van der Waals surface area (Å²) >= 11 is 0. The molecule has 2 N–H and O–H groups in total. The molecule has 1 atom stereocenters. The number of hydrogen-bond acceptors (Lipinski definition) is 4. The number of aromatic nitrogens is 1. The van der Waals surface area contributed by atoms with E-state index in [1.54, 1.807) is 6.07 Å². The number of ether oxygens (including phenoxy) is 1. The van der Waals surface area contributed by atoms with Gasteiger partial charge in [0.05, 0.1) is 11.9 Å². The molecule has 1 aromatic rings. The molecule has 1 rings (SSSR count). The quantitative estimate of drug-likeness (QED) is 0.793. The van der Waals surface area contributed by atoms with E-state index in [2.05, 4.69) is 15.6 Å². The summed E-state index contributed by atoms with van der Waals surface area (Å²) in [6.07, 6.45) is 1.57. The Labute approximate surface area is 125 Å². The van der Waals surface area contributed by atoms with Gasteiger partial charge in [0.2, 0.25) is 0 Å². The molecule has 0 aliphatic heterocycles. The summed E-state index contributed by atoms with van der Waals surface area (Å²) in [5.74, 6) is -0.340. The van der Waals surface area contributed by atoms with Gasteiger partial charge in [-0.1, -0.05) is 0 Å².